The van der Waals surface area contributed by atoms with Gasteiger partial charge >= 0.3 is 0 Å². The number of hydrogen-bond donors (Lipinski definition) is 0. The SMILES string of the molecule is CC(=O)c1cn2cc(I)ccc2n1. The molecular weight excluding hydrogens is 279 g/mol. The van der Waals surface area contributed by atoms with Gasteiger partial charge in [-0.15, -0.1) is 0 Å². The highest BCUT2D eigenvalue weighted by molar-refractivity contribution is 14.1. The highest BCUT2D eigenvalue weighted by Crippen LogP contribution is 2.09. The van der Waals surface area contributed by atoms with Crippen LogP contribution in [0.4, 0.5) is 0 Å². The minimum atomic E-state index is -0.00120. The summed E-state index contributed by atoms with van der Waals surface area (Å²) in [6, 6.07) is 3.86. The summed E-state index contributed by atoms with van der Waals surface area (Å²) in [7, 11) is 0. The second-order valence-corrected chi connectivity index (χ2v) is 4.04. The molecule has 0 amide bonds. The lowest BCUT2D eigenvalue weighted by Gasteiger charge is -1.91. The van der Waals surface area contributed by atoms with Crippen molar-refractivity contribution in [3.63, 3.8) is 0 Å². The van der Waals surface area contributed by atoms with E-state index in [0.717, 1.165) is 9.22 Å². The first-order valence-electron chi connectivity index (χ1n) is 3.82. The Morgan fingerprint density at radius 2 is 2.23 bits per heavy atom. The van der Waals surface area contributed by atoms with Crippen LogP contribution in [0.1, 0.15) is 17.4 Å². The summed E-state index contributed by atoms with van der Waals surface area (Å²) in [4.78, 5) is 15.2. The Bertz CT molecular complexity index is 475. The number of hydrogen-bond acceptors (Lipinski definition) is 2. The van der Waals surface area contributed by atoms with Gasteiger partial charge in [0.1, 0.15) is 11.3 Å². The highest BCUT2D eigenvalue weighted by atomic mass is 127. The molecule has 0 unspecified atom stereocenters. The molecule has 0 fully saturated rings. The van der Waals surface area contributed by atoms with E-state index in [2.05, 4.69) is 27.6 Å². The summed E-state index contributed by atoms with van der Waals surface area (Å²) < 4.78 is 2.98. The first-order valence-corrected chi connectivity index (χ1v) is 4.90. The summed E-state index contributed by atoms with van der Waals surface area (Å²) in [5, 5.41) is 0. The molecule has 0 aromatic carbocycles. The average molecular weight is 286 g/mol. The van der Waals surface area contributed by atoms with Gasteiger partial charge in [-0.3, -0.25) is 4.79 Å². The number of rotatable bonds is 1. The normalized spacial score (nSPS) is 10.6. The lowest BCUT2D eigenvalue weighted by molar-refractivity contribution is 0.101. The number of nitrogens with zero attached hydrogens (tertiary/aromatic N) is 2. The number of Topliss-reactive ketones (excluding diaryl/α,β-unsaturated/α-hetero) is 1. The van der Waals surface area contributed by atoms with Gasteiger partial charge < -0.3 is 4.40 Å². The molecule has 0 radical (unpaired) electrons. The van der Waals surface area contributed by atoms with Crippen molar-refractivity contribution >= 4 is 34.0 Å². The first kappa shape index (κ1) is 8.68. The number of pyridine rings is 1. The van der Waals surface area contributed by atoms with Crippen LogP contribution in [0, 0.1) is 3.57 Å². The third kappa shape index (κ3) is 1.58. The molecule has 3 nitrogen and oxygen atoms in total. The van der Waals surface area contributed by atoms with Gasteiger partial charge in [-0.2, -0.15) is 0 Å². The van der Waals surface area contributed by atoms with E-state index >= 15 is 0 Å². The van der Waals surface area contributed by atoms with Gasteiger partial charge in [-0.05, 0) is 34.7 Å². The minimum Gasteiger partial charge on any atom is -0.305 e. The zero-order valence-electron chi connectivity index (χ0n) is 6.99. The molecule has 13 heavy (non-hydrogen) atoms. The van der Waals surface area contributed by atoms with Crippen molar-refractivity contribution in [3.8, 4) is 0 Å². The van der Waals surface area contributed by atoms with Gasteiger partial charge in [0.05, 0.1) is 0 Å². The van der Waals surface area contributed by atoms with Gasteiger partial charge in [0.15, 0.2) is 5.78 Å². The molecule has 0 atom stereocenters. The molecule has 0 saturated heterocycles. The fraction of sp³-hybridized carbons (Fsp3) is 0.111. The largest absolute Gasteiger partial charge is 0.305 e. The minimum absolute atomic E-state index is 0.00120. The third-order valence-corrected chi connectivity index (χ3v) is 2.41. The quantitative estimate of drug-likeness (QED) is 0.594. The zero-order chi connectivity index (χ0) is 9.42. The Kier molecular flexibility index (Phi) is 2.07. The topological polar surface area (TPSA) is 34.4 Å². The van der Waals surface area contributed by atoms with E-state index < -0.39 is 0 Å². The lowest BCUT2D eigenvalue weighted by atomic mass is 10.3. The fourth-order valence-electron chi connectivity index (χ4n) is 1.13. The lowest BCUT2D eigenvalue weighted by Crippen LogP contribution is -1.89. The Morgan fingerprint density at radius 3 is 2.92 bits per heavy atom. The van der Waals surface area contributed by atoms with Gasteiger partial charge in [-0.1, -0.05) is 0 Å². The second kappa shape index (κ2) is 3.10. The van der Waals surface area contributed by atoms with Crippen LogP contribution >= 0.6 is 22.6 Å². The van der Waals surface area contributed by atoms with Crippen molar-refractivity contribution < 1.29 is 4.79 Å². The number of fused-ring (bicyclic) bond motifs is 1. The Balaban J connectivity index is 2.68. The molecule has 66 valence electrons. The molecule has 4 heteroatoms. The van der Waals surface area contributed by atoms with Crippen molar-refractivity contribution in [1.29, 1.82) is 0 Å². The molecular formula is C9H7IN2O. The van der Waals surface area contributed by atoms with Gasteiger partial charge in [0.2, 0.25) is 0 Å². The smallest absolute Gasteiger partial charge is 0.179 e. The molecule has 2 aromatic rings. The van der Waals surface area contributed by atoms with Crippen molar-refractivity contribution in [3.05, 3.63) is 33.8 Å². The highest BCUT2D eigenvalue weighted by Gasteiger charge is 2.04. The zero-order valence-corrected chi connectivity index (χ0v) is 9.15. The first-order chi connectivity index (χ1) is 6.16. The average Bonchev–Trinajstić information content (AvgIpc) is 2.46. The predicted octanol–water partition coefficient (Wildman–Crippen LogP) is 2.14. The van der Waals surface area contributed by atoms with Crippen LogP contribution < -0.4 is 0 Å². The molecule has 0 spiro atoms. The summed E-state index contributed by atoms with van der Waals surface area (Å²) in [5.41, 5.74) is 1.33. The van der Waals surface area contributed by atoms with Crippen LogP contribution in [0.3, 0.4) is 0 Å². The molecule has 0 N–H and O–H groups in total. The van der Waals surface area contributed by atoms with Crippen LogP contribution in [0.15, 0.2) is 24.5 Å². The number of halogens is 1. The van der Waals surface area contributed by atoms with Gasteiger partial charge in [0, 0.05) is 22.9 Å². The van der Waals surface area contributed by atoms with E-state index in [1.54, 1.807) is 6.20 Å². The number of ketones is 1. The van der Waals surface area contributed by atoms with Gasteiger partial charge in [0.25, 0.3) is 0 Å². The van der Waals surface area contributed by atoms with E-state index in [0.29, 0.717) is 5.69 Å². The van der Waals surface area contributed by atoms with Crippen LogP contribution in [-0.4, -0.2) is 15.2 Å². The van der Waals surface area contributed by atoms with E-state index in [-0.39, 0.29) is 5.78 Å². The Hall–Kier alpha value is -0.910. The van der Waals surface area contributed by atoms with E-state index in [9.17, 15) is 4.79 Å². The molecule has 0 aliphatic rings. The summed E-state index contributed by atoms with van der Waals surface area (Å²) in [6.45, 7) is 1.52. The molecule has 2 heterocycles. The Morgan fingerprint density at radius 1 is 1.46 bits per heavy atom. The van der Waals surface area contributed by atoms with Crippen LogP contribution in [-0.2, 0) is 0 Å². The maximum Gasteiger partial charge on any atom is 0.179 e. The number of carbonyl (C=O) groups excluding carboxylic acids is 1. The summed E-state index contributed by atoms with van der Waals surface area (Å²) in [5.74, 6) is -0.00120. The van der Waals surface area contributed by atoms with Crippen molar-refractivity contribution in [1.82, 2.24) is 9.38 Å². The van der Waals surface area contributed by atoms with Crippen molar-refractivity contribution in [2.45, 2.75) is 6.92 Å². The van der Waals surface area contributed by atoms with Crippen molar-refractivity contribution in [2.24, 2.45) is 0 Å². The Labute approximate surface area is 88.9 Å². The third-order valence-electron chi connectivity index (χ3n) is 1.78. The number of carbonyl (C=O) groups is 1. The van der Waals surface area contributed by atoms with Crippen LogP contribution in [0.5, 0.6) is 0 Å². The van der Waals surface area contributed by atoms with Gasteiger partial charge in [-0.25, -0.2) is 4.98 Å². The van der Waals surface area contributed by atoms with Crippen molar-refractivity contribution in [2.75, 3.05) is 0 Å². The number of imidazole rings is 1. The standard InChI is InChI=1S/C9H7IN2O/c1-6(13)8-5-12-4-7(10)2-3-9(12)11-8/h2-5H,1H3. The molecule has 2 aromatic heterocycles. The van der Waals surface area contributed by atoms with E-state index in [1.807, 2.05) is 22.7 Å². The monoisotopic (exact) mass is 286 g/mol. The molecule has 0 bridgehead atoms. The van der Waals surface area contributed by atoms with Crippen LogP contribution in [0.2, 0.25) is 0 Å². The van der Waals surface area contributed by atoms with Crippen LogP contribution in [0.25, 0.3) is 5.65 Å². The second-order valence-electron chi connectivity index (χ2n) is 2.80. The number of aromatic nitrogens is 2. The van der Waals surface area contributed by atoms with E-state index in [1.165, 1.54) is 6.92 Å². The molecule has 0 saturated carbocycles. The molecule has 2 rings (SSSR count). The maximum absolute atomic E-state index is 11.0. The fourth-order valence-corrected chi connectivity index (χ4v) is 1.61. The summed E-state index contributed by atoms with van der Waals surface area (Å²) in [6.07, 6.45) is 3.69. The predicted molar refractivity (Wildman–Crippen MR) is 57.9 cm³/mol. The summed E-state index contributed by atoms with van der Waals surface area (Å²) >= 11 is 2.22. The van der Waals surface area contributed by atoms with E-state index in [4.69, 9.17) is 0 Å². The molecule has 0 aliphatic heterocycles. The molecule has 0 aliphatic carbocycles. The maximum atomic E-state index is 11.0.